The summed E-state index contributed by atoms with van der Waals surface area (Å²) in [6.45, 7) is 10.7. The van der Waals surface area contributed by atoms with Gasteiger partial charge >= 0.3 is 5.97 Å². The molecule has 0 atom stereocenters. The van der Waals surface area contributed by atoms with Gasteiger partial charge in [0, 0.05) is 13.7 Å². The predicted molar refractivity (Wildman–Crippen MR) is 142 cm³/mol. The second-order valence-corrected chi connectivity index (χ2v) is 11.9. The molecule has 2 rings (SSSR count). The van der Waals surface area contributed by atoms with Gasteiger partial charge in [-0.15, -0.1) is 0 Å². The average Bonchev–Trinajstić information content (AvgIpc) is 2.80. The Morgan fingerprint density at radius 1 is 0.735 bits per heavy atom. The van der Waals surface area contributed by atoms with Crippen LogP contribution in [0.25, 0.3) is 0 Å². The van der Waals surface area contributed by atoms with E-state index in [1.165, 1.54) is 89.9 Å². The fraction of sp³-hybridized carbons (Fsp3) is 0.933. The van der Waals surface area contributed by atoms with Gasteiger partial charge in [-0.3, -0.25) is 4.79 Å². The third kappa shape index (κ3) is 15.9. The molecule has 2 aliphatic rings. The molecule has 0 aromatic rings. The Morgan fingerprint density at radius 3 is 1.53 bits per heavy atom. The Morgan fingerprint density at radius 2 is 1.15 bits per heavy atom. The minimum absolute atomic E-state index is 0.107. The largest absolute Gasteiger partial charge is 0.465 e. The maximum absolute atomic E-state index is 11.1. The maximum atomic E-state index is 11.1. The van der Waals surface area contributed by atoms with Crippen LogP contribution in [0.5, 0.6) is 0 Å². The van der Waals surface area contributed by atoms with Gasteiger partial charge in [0.1, 0.15) is 12.7 Å². The van der Waals surface area contributed by atoms with E-state index in [4.69, 9.17) is 9.47 Å². The second kappa shape index (κ2) is 19.3. The normalized spacial score (nSPS) is 25.0. The quantitative estimate of drug-likeness (QED) is 0.143. The third-order valence-electron chi connectivity index (χ3n) is 7.85. The number of hydrogen-bond acceptors (Lipinski definition) is 4. The monoisotopic (exact) mass is 480 g/mol. The second-order valence-electron chi connectivity index (χ2n) is 11.9. The molecule has 200 valence electrons. The first-order chi connectivity index (χ1) is 16.3. The summed E-state index contributed by atoms with van der Waals surface area (Å²) in [6.07, 6.45) is 19.5. The Balaban J connectivity index is 0.000000350. The van der Waals surface area contributed by atoms with Gasteiger partial charge in [-0.25, -0.2) is 0 Å². The van der Waals surface area contributed by atoms with Crippen LogP contribution in [0.15, 0.2) is 0 Å². The Hall–Kier alpha value is -0.900. The first-order valence-corrected chi connectivity index (χ1v) is 14.4. The number of methoxy groups -OCH3 is 1. The molecule has 0 saturated heterocycles. The molecule has 34 heavy (non-hydrogen) atoms. The molecule has 0 heterocycles. The van der Waals surface area contributed by atoms with Crippen molar-refractivity contribution >= 4 is 12.3 Å². The Labute approximate surface area is 211 Å². The van der Waals surface area contributed by atoms with E-state index in [-0.39, 0.29) is 12.4 Å². The lowest BCUT2D eigenvalue weighted by Gasteiger charge is -2.28. The van der Waals surface area contributed by atoms with Crippen LogP contribution in [-0.2, 0) is 19.1 Å². The first kappa shape index (κ1) is 31.1. The fourth-order valence-electron chi connectivity index (χ4n) is 5.58. The number of carbonyl (C=O) groups is 2. The minimum atomic E-state index is -0.381. The maximum Gasteiger partial charge on any atom is 0.313 e. The standard InChI is InChI=1S/C16H28O3.C14H28O/c1-13(2)4-3-5-14-6-8-15(9-7-14)12-19-16(18)10-11-17;1-12(2)5-4-6-13-7-9-14(10-8-13)11-15-3/h11,13-15H,3-10,12H2,1-2H3;12-14H,4-11H2,1-3H3. The molecule has 0 unspecified atom stereocenters. The van der Waals surface area contributed by atoms with Gasteiger partial charge in [-0.2, -0.15) is 0 Å². The van der Waals surface area contributed by atoms with Crippen molar-refractivity contribution in [3.63, 3.8) is 0 Å². The van der Waals surface area contributed by atoms with Gasteiger partial charge in [-0.1, -0.05) is 91.9 Å². The van der Waals surface area contributed by atoms with Gasteiger partial charge in [0.2, 0.25) is 0 Å². The van der Waals surface area contributed by atoms with Crippen LogP contribution < -0.4 is 0 Å². The summed E-state index contributed by atoms with van der Waals surface area (Å²) >= 11 is 0. The average molecular weight is 481 g/mol. The predicted octanol–water partition coefficient (Wildman–Crippen LogP) is 8.02. The van der Waals surface area contributed by atoms with E-state index in [0.29, 0.717) is 18.8 Å². The molecule has 0 aliphatic heterocycles. The number of carbonyl (C=O) groups excluding carboxylic acids is 2. The van der Waals surface area contributed by atoms with Crippen molar-refractivity contribution in [3.05, 3.63) is 0 Å². The Kier molecular flexibility index (Phi) is 17.7. The minimum Gasteiger partial charge on any atom is -0.465 e. The van der Waals surface area contributed by atoms with Crippen LogP contribution in [0.1, 0.15) is 124 Å². The molecule has 2 saturated carbocycles. The van der Waals surface area contributed by atoms with Crippen molar-refractivity contribution < 1.29 is 19.1 Å². The molecule has 2 aliphatic carbocycles. The van der Waals surface area contributed by atoms with Crippen LogP contribution in [0, 0.1) is 35.5 Å². The fourth-order valence-corrected chi connectivity index (χ4v) is 5.58. The Bertz CT molecular complexity index is 500. The number of ether oxygens (including phenoxy) is 2. The molecule has 2 fully saturated rings. The van der Waals surface area contributed by atoms with Crippen LogP contribution >= 0.6 is 0 Å². The summed E-state index contributed by atoms with van der Waals surface area (Å²) in [5, 5.41) is 0. The number of hydrogen-bond donors (Lipinski definition) is 0. The topological polar surface area (TPSA) is 52.6 Å². The molecule has 0 N–H and O–H groups in total. The summed E-state index contributed by atoms with van der Waals surface area (Å²) in [7, 11) is 1.83. The van der Waals surface area contributed by atoms with E-state index in [1.807, 2.05) is 7.11 Å². The van der Waals surface area contributed by atoms with Gasteiger partial charge < -0.3 is 14.3 Å². The van der Waals surface area contributed by atoms with Crippen molar-refractivity contribution in [2.24, 2.45) is 35.5 Å². The van der Waals surface area contributed by atoms with Crippen molar-refractivity contribution in [1.29, 1.82) is 0 Å². The lowest BCUT2D eigenvalue weighted by molar-refractivity contribution is -0.146. The summed E-state index contributed by atoms with van der Waals surface area (Å²) < 4.78 is 10.3. The molecular formula is C30H56O4. The third-order valence-corrected chi connectivity index (χ3v) is 7.85. The lowest BCUT2D eigenvalue weighted by atomic mass is 9.80. The van der Waals surface area contributed by atoms with Crippen LogP contribution in [-0.4, -0.2) is 32.6 Å². The number of rotatable bonds is 14. The zero-order chi connectivity index (χ0) is 25.2. The van der Waals surface area contributed by atoms with Gasteiger partial charge in [0.15, 0.2) is 0 Å². The molecule has 0 amide bonds. The van der Waals surface area contributed by atoms with Crippen molar-refractivity contribution in [2.75, 3.05) is 20.3 Å². The molecule has 0 aromatic carbocycles. The zero-order valence-electron chi connectivity index (χ0n) is 23.2. The highest BCUT2D eigenvalue weighted by molar-refractivity contribution is 5.83. The molecule has 0 bridgehead atoms. The van der Waals surface area contributed by atoms with E-state index >= 15 is 0 Å². The van der Waals surface area contributed by atoms with E-state index < -0.39 is 0 Å². The van der Waals surface area contributed by atoms with E-state index in [0.717, 1.165) is 36.2 Å². The number of esters is 1. The highest BCUT2D eigenvalue weighted by Gasteiger charge is 2.22. The smallest absolute Gasteiger partial charge is 0.313 e. The van der Waals surface area contributed by atoms with Crippen LogP contribution in [0.4, 0.5) is 0 Å². The van der Waals surface area contributed by atoms with Crippen LogP contribution in [0.2, 0.25) is 0 Å². The van der Waals surface area contributed by atoms with Crippen LogP contribution in [0.3, 0.4) is 0 Å². The van der Waals surface area contributed by atoms with Gasteiger partial charge in [0.25, 0.3) is 0 Å². The zero-order valence-corrected chi connectivity index (χ0v) is 23.2. The van der Waals surface area contributed by atoms with Crippen molar-refractivity contribution in [1.82, 2.24) is 0 Å². The first-order valence-electron chi connectivity index (χ1n) is 14.4. The highest BCUT2D eigenvalue weighted by atomic mass is 16.5. The van der Waals surface area contributed by atoms with Crippen molar-refractivity contribution in [3.8, 4) is 0 Å². The summed E-state index contributed by atoms with van der Waals surface area (Å²) in [6, 6.07) is 0. The lowest BCUT2D eigenvalue weighted by Crippen LogP contribution is -2.20. The SMILES string of the molecule is CC(C)CCCC1CCC(COC(=O)CC=O)CC1.COCC1CCC(CCCC(C)C)CC1. The summed E-state index contributed by atoms with van der Waals surface area (Å²) in [5.74, 6) is 4.59. The van der Waals surface area contributed by atoms with E-state index in [1.54, 1.807) is 0 Å². The van der Waals surface area contributed by atoms with E-state index in [9.17, 15) is 9.59 Å². The van der Waals surface area contributed by atoms with Gasteiger partial charge in [-0.05, 0) is 61.2 Å². The summed E-state index contributed by atoms with van der Waals surface area (Å²) in [4.78, 5) is 21.3. The van der Waals surface area contributed by atoms with Gasteiger partial charge in [0.05, 0.1) is 6.61 Å². The summed E-state index contributed by atoms with van der Waals surface area (Å²) in [5.41, 5.74) is 0. The van der Waals surface area contributed by atoms with Crippen molar-refractivity contribution in [2.45, 2.75) is 124 Å². The highest BCUT2D eigenvalue weighted by Crippen LogP contribution is 2.33. The molecule has 0 aromatic heterocycles. The molecule has 4 heteroatoms. The molecule has 0 spiro atoms. The molecule has 4 nitrogen and oxygen atoms in total. The van der Waals surface area contributed by atoms with E-state index in [2.05, 4.69) is 27.7 Å². The molecular weight excluding hydrogens is 424 g/mol. The number of aldehydes is 1. The molecule has 0 radical (unpaired) electrons.